The molecule has 0 unspecified atom stereocenters. The molecule has 1 aromatic heterocycles. The SMILES string of the molecule is CCC[C@@H](NC(=O)Cn1nc(C)c(S(=O)(=O)N(C)C)c1C)c1ccccc1. The first kappa shape index (κ1) is 21.1. The van der Waals surface area contributed by atoms with Crippen molar-refractivity contribution in [3.63, 3.8) is 0 Å². The van der Waals surface area contributed by atoms with Crippen LogP contribution in [0.15, 0.2) is 35.2 Å². The van der Waals surface area contributed by atoms with Gasteiger partial charge < -0.3 is 5.32 Å². The van der Waals surface area contributed by atoms with Gasteiger partial charge in [0.05, 0.1) is 17.4 Å². The maximum atomic E-state index is 12.6. The molecule has 0 saturated carbocycles. The summed E-state index contributed by atoms with van der Waals surface area (Å²) in [6.45, 7) is 5.36. The molecule has 0 radical (unpaired) electrons. The van der Waals surface area contributed by atoms with Gasteiger partial charge in [-0.3, -0.25) is 9.48 Å². The van der Waals surface area contributed by atoms with Crippen LogP contribution < -0.4 is 5.32 Å². The number of aryl methyl sites for hydroxylation is 1. The summed E-state index contributed by atoms with van der Waals surface area (Å²) >= 11 is 0. The molecular weight excluding hydrogens is 364 g/mol. The van der Waals surface area contributed by atoms with Gasteiger partial charge in [0.2, 0.25) is 15.9 Å². The molecule has 0 bridgehead atoms. The van der Waals surface area contributed by atoms with Crippen LogP contribution in [0.25, 0.3) is 0 Å². The number of carbonyl (C=O) groups excluding carboxylic acids is 1. The van der Waals surface area contributed by atoms with Crippen LogP contribution in [0.4, 0.5) is 0 Å². The maximum absolute atomic E-state index is 12.6. The van der Waals surface area contributed by atoms with Crippen LogP contribution in [0.3, 0.4) is 0 Å². The van der Waals surface area contributed by atoms with Gasteiger partial charge in [-0.05, 0) is 25.8 Å². The van der Waals surface area contributed by atoms with E-state index < -0.39 is 10.0 Å². The smallest absolute Gasteiger partial charge is 0.246 e. The standard InChI is InChI=1S/C19H28N4O3S/c1-6-10-17(16-11-8-7-9-12-16)20-18(24)13-23-15(3)19(14(2)21-23)27(25,26)22(4)5/h7-9,11-12,17H,6,10,13H2,1-5H3,(H,20,24)/t17-/m1/s1. The van der Waals surface area contributed by atoms with Crippen LogP contribution >= 0.6 is 0 Å². The van der Waals surface area contributed by atoms with E-state index in [0.717, 1.165) is 22.7 Å². The van der Waals surface area contributed by atoms with Crippen LogP contribution in [0.2, 0.25) is 0 Å². The molecule has 0 saturated heterocycles. The zero-order chi connectivity index (χ0) is 20.2. The second kappa shape index (κ2) is 8.67. The Morgan fingerprint density at radius 1 is 1.22 bits per heavy atom. The third-order valence-corrected chi connectivity index (χ3v) is 6.53. The Labute approximate surface area is 161 Å². The molecule has 27 heavy (non-hydrogen) atoms. The van der Waals surface area contributed by atoms with Crippen LogP contribution in [-0.2, 0) is 21.4 Å². The van der Waals surface area contributed by atoms with Crippen LogP contribution in [0.5, 0.6) is 0 Å². The van der Waals surface area contributed by atoms with Crippen molar-refractivity contribution in [1.29, 1.82) is 0 Å². The number of aromatic nitrogens is 2. The molecule has 0 aliphatic carbocycles. The van der Waals surface area contributed by atoms with Crippen molar-refractivity contribution in [2.24, 2.45) is 0 Å². The Morgan fingerprint density at radius 2 is 1.85 bits per heavy atom. The van der Waals surface area contributed by atoms with Crippen molar-refractivity contribution in [3.05, 3.63) is 47.3 Å². The van der Waals surface area contributed by atoms with Gasteiger partial charge in [-0.25, -0.2) is 12.7 Å². The van der Waals surface area contributed by atoms with Crippen molar-refractivity contribution in [2.75, 3.05) is 14.1 Å². The molecule has 0 aliphatic rings. The summed E-state index contributed by atoms with van der Waals surface area (Å²) in [6, 6.07) is 9.74. The van der Waals surface area contributed by atoms with E-state index in [2.05, 4.69) is 17.3 Å². The number of sulfonamides is 1. The highest BCUT2D eigenvalue weighted by Gasteiger charge is 2.27. The third kappa shape index (κ3) is 4.75. The van der Waals surface area contributed by atoms with Gasteiger partial charge in [0, 0.05) is 14.1 Å². The Bertz CT molecular complexity index is 889. The van der Waals surface area contributed by atoms with E-state index in [1.54, 1.807) is 13.8 Å². The molecule has 1 atom stereocenters. The third-order valence-electron chi connectivity index (χ3n) is 4.46. The summed E-state index contributed by atoms with van der Waals surface area (Å²) in [7, 11) is -0.650. The van der Waals surface area contributed by atoms with E-state index in [1.165, 1.54) is 18.8 Å². The molecule has 8 heteroatoms. The topological polar surface area (TPSA) is 84.3 Å². The normalized spacial score (nSPS) is 13.0. The molecule has 2 rings (SSSR count). The number of benzene rings is 1. The molecule has 1 N–H and O–H groups in total. The number of rotatable bonds is 8. The second-order valence-corrected chi connectivity index (χ2v) is 8.85. The molecule has 1 aromatic carbocycles. The average molecular weight is 393 g/mol. The number of amides is 1. The lowest BCUT2D eigenvalue weighted by Crippen LogP contribution is -2.32. The Balaban J connectivity index is 2.21. The van der Waals surface area contributed by atoms with E-state index >= 15 is 0 Å². The van der Waals surface area contributed by atoms with Gasteiger partial charge in [-0.15, -0.1) is 0 Å². The van der Waals surface area contributed by atoms with E-state index in [1.807, 2.05) is 30.3 Å². The zero-order valence-electron chi connectivity index (χ0n) is 16.6. The fourth-order valence-corrected chi connectivity index (χ4v) is 4.32. The minimum absolute atomic E-state index is 0.0251. The van der Waals surface area contributed by atoms with E-state index in [9.17, 15) is 13.2 Å². The summed E-state index contributed by atoms with van der Waals surface area (Å²) in [5, 5.41) is 7.32. The van der Waals surface area contributed by atoms with Crippen molar-refractivity contribution < 1.29 is 13.2 Å². The minimum Gasteiger partial charge on any atom is -0.348 e. The van der Waals surface area contributed by atoms with E-state index in [0.29, 0.717) is 11.4 Å². The lowest BCUT2D eigenvalue weighted by molar-refractivity contribution is -0.122. The predicted molar refractivity (Wildman–Crippen MR) is 105 cm³/mol. The van der Waals surface area contributed by atoms with Crippen molar-refractivity contribution in [3.8, 4) is 0 Å². The highest BCUT2D eigenvalue weighted by Crippen LogP contribution is 2.22. The average Bonchev–Trinajstić information content (AvgIpc) is 2.89. The van der Waals surface area contributed by atoms with Crippen molar-refractivity contribution in [2.45, 2.75) is 51.1 Å². The second-order valence-electron chi connectivity index (χ2n) is 6.76. The van der Waals surface area contributed by atoms with E-state index in [-0.39, 0.29) is 23.4 Å². The molecule has 0 spiro atoms. The number of nitrogens with zero attached hydrogens (tertiary/aromatic N) is 3. The van der Waals surface area contributed by atoms with Gasteiger partial charge in [0.15, 0.2) is 0 Å². The molecular formula is C19H28N4O3S. The van der Waals surface area contributed by atoms with Gasteiger partial charge in [0.1, 0.15) is 11.4 Å². The number of hydrogen-bond acceptors (Lipinski definition) is 4. The molecule has 0 aliphatic heterocycles. The van der Waals surface area contributed by atoms with Crippen molar-refractivity contribution in [1.82, 2.24) is 19.4 Å². The molecule has 148 valence electrons. The van der Waals surface area contributed by atoms with Crippen molar-refractivity contribution >= 4 is 15.9 Å². The quantitative estimate of drug-likeness (QED) is 0.748. The minimum atomic E-state index is -3.61. The fraction of sp³-hybridized carbons (Fsp3) is 0.474. The van der Waals surface area contributed by atoms with Gasteiger partial charge >= 0.3 is 0 Å². The Morgan fingerprint density at radius 3 is 2.41 bits per heavy atom. The summed E-state index contributed by atoms with van der Waals surface area (Å²) in [5.41, 5.74) is 1.90. The molecule has 1 heterocycles. The first-order valence-electron chi connectivity index (χ1n) is 8.99. The molecule has 7 nitrogen and oxygen atoms in total. The molecule has 0 fully saturated rings. The van der Waals surface area contributed by atoms with Crippen LogP contribution in [-0.4, -0.2) is 42.5 Å². The Hall–Kier alpha value is -2.19. The summed E-state index contributed by atoms with van der Waals surface area (Å²) in [4.78, 5) is 12.8. The number of carbonyl (C=O) groups is 1. The highest BCUT2D eigenvalue weighted by molar-refractivity contribution is 7.89. The monoisotopic (exact) mass is 392 g/mol. The van der Waals surface area contributed by atoms with Crippen LogP contribution in [0.1, 0.15) is 42.8 Å². The largest absolute Gasteiger partial charge is 0.348 e. The number of nitrogens with one attached hydrogen (secondary N) is 1. The first-order valence-corrected chi connectivity index (χ1v) is 10.4. The number of hydrogen-bond donors (Lipinski definition) is 1. The first-order chi connectivity index (χ1) is 12.7. The summed E-state index contributed by atoms with van der Waals surface area (Å²) in [6.07, 6.45) is 1.76. The maximum Gasteiger partial charge on any atom is 0.246 e. The lowest BCUT2D eigenvalue weighted by Gasteiger charge is -2.19. The molecule has 2 aromatic rings. The van der Waals surface area contributed by atoms with Gasteiger partial charge in [-0.1, -0.05) is 43.7 Å². The Kier molecular flexibility index (Phi) is 6.78. The molecule has 1 amide bonds. The predicted octanol–water partition coefficient (Wildman–Crippen LogP) is 2.41. The summed E-state index contributed by atoms with van der Waals surface area (Å²) in [5.74, 6) is -0.197. The fourth-order valence-electron chi connectivity index (χ4n) is 3.06. The lowest BCUT2D eigenvalue weighted by atomic mass is 10.0. The van der Waals surface area contributed by atoms with Gasteiger partial charge in [0.25, 0.3) is 0 Å². The zero-order valence-corrected chi connectivity index (χ0v) is 17.4. The van der Waals surface area contributed by atoms with Gasteiger partial charge in [-0.2, -0.15) is 5.10 Å². The van der Waals surface area contributed by atoms with E-state index in [4.69, 9.17) is 0 Å². The summed E-state index contributed by atoms with van der Waals surface area (Å²) < 4.78 is 27.6. The highest BCUT2D eigenvalue weighted by atomic mass is 32.2. The van der Waals surface area contributed by atoms with Crippen LogP contribution in [0, 0.1) is 13.8 Å².